The lowest BCUT2D eigenvalue weighted by Crippen LogP contribution is -2.35. The van der Waals surface area contributed by atoms with Crippen LogP contribution in [0.2, 0.25) is 0 Å². The highest BCUT2D eigenvalue weighted by atomic mass is 19.1. The molecule has 1 aliphatic rings. The normalized spacial score (nSPS) is 20.3. The van der Waals surface area contributed by atoms with Crippen molar-refractivity contribution in [2.45, 2.75) is 31.7 Å². The van der Waals surface area contributed by atoms with Crippen molar-refractivity contribution < 1.29 is 9.13 Å². The molecule has 2 N–H and O–H groups in total. The first-order valence-corrected chi connectivity index (χ1v) is 7.44. The monoisotopic (exact) mass is 285 g/mol. The van der Waals surface area contributed by atoms with Gasteiger partial charge in [-0.15, -0.1) is 0 Å². The number of hydrogen-bond donors (Lipinski definition) is 1. The van der Waals surface area contributed by atoms with Crippen molar-refractivity contribution in [2.24, 2.45) is 5.73 Å². The third-order valence-electron chi connectivity index (χ3n) is 4.18. The molecule has 0 fully saturated rings. The second-order valence-corrected chi connectivity index (χ2v) is 5.65. The second kappa shape index (κ2) is 5.49. The number of rotatable bonds is 4. The van der Waals surface area contributed by atoms with Crippen LogP contribution in [-0.2, 0) is 12.0 Å². The quantitative estimate of drug-likeness (QED) is 0.928. The van der Waals surface area contributed by atoms with Crippen LogP contribution in [0.15, 0.2) is 42.5 Å². The Morgan fingerprint density at radius 2 is 1.95 bits per heavy atom. The second-order valence-electron chi connectivity index (χ2n) is 5.65. The SMILES string of the molecule is CCCOc1ccc(C2(N)CCc3cc(F)ccc32)cc1. The van der Waals surface area contributed by atoms with Crippen LogP contribution in [0.5, 0.6) is 5.75 Å². The van der Waals surface area contributed by atoms with E-state index in [0.29, 0.717) is 0 Å². The molecule has 0 saturated heterocycles. The lowest BCUT2D eigenvalue weighted by atomic mass is 9.85. The summed E-state index contributed by atoms with van der Waals surface area (Å²) in [6.45, 7) is 2.80. The molecule has 0 aliphatic heterocycles. The molecular formula is C18H20FNO. The van der Waals surface area contributed by atoms with Gasteiger partial charge in [0.05, 0.1) is 12.1 Å². The molecule has 3 heteroatoms. The van der Waals surface area contributed by atoms with E-state index in [1.807, 2.05) is 30.3 Å². The third kappa shape index (κ3) is 2.54. The highest BCUT2D eigenvalue weighted by Crippen LogP contribution is 2.40. The van der Waals surface area contributed by atoms with E-state index in [1.54, 1.807) is 6.07 Å². The third-order valence-corrected chi connectivity index (χ3v) is 4.18. The topological polar surface area (TPSA) is 35.2 Å². The Hall–Kier alpha value is -1.87. The number of hydrogen-bond acceptors (Lipinski definition) is 2. The molecule has 21 heavy (non-hydrogen) atoms. The summed E-state index contributed by atoms with van der Waals surface area (Å²) in [7, 11) is 0. The zero-order valence-corrected chi connectivity index (χ0v) is 12.2. The van der Waals surface area contributed by atoms with Gasteiger partial charge < -0.3 is 10.5 Å². The smallest absolute Gasteiger partial charge is 0.123 e. The van der Waals surface area contributed by atoms with Crippen molar-refractivity contribution in [1.82, 2.24) is 0 Å². The fourth-order valence-electron chi connectivity index (χ4n) is 3.04. The first kappa shape index (κ1) is 14.1. The maximum Gasteiger partial charge on any atom is 0.123 e. The molecule has 2 aromatic rings. The highest BCUT2D eigenvalue weighted by molar-refractivity contribution is 5.47. The molecular weight excluding hydrogens is 265 g/mol. The predicted octanol–water partition coefficient (Wildman–Crippen LogP) is 3.76. The summed E-state index contributed by atoms with van der Waals surface area (Å²) >= 11 is 0. The van der Waals surface area contributed by atoms with Crippen molar-refractivity contribution in [3.63, 3.8) is 0 Å². The Morgan fingerprint density at radius 1 is 1.19 bits per heavy atom. The Labute approximate surface area is 124 Å². The summed E-state index contributed by atoms with van der Waals surface area (Å²) in [6, 6.07) is 12.9. The molecule has 0 heterocycles. The minimum Gasteiger partial charge on any atom is -0.494 e. The Kier molecular flexibility index (Phi) is 3.68. The summed E-state index contributed by atoms with van der Waals surface area (Å²) in [6.07, 6.45) is 2.61. The van der Waals surface area contributed by atoms with Gasteiger partial charge in [0.2, 0.25) is 0 Å². The maximum absolute atomic E-state index is 13.3. The van der Waals surface area contributed by atoms with E-state index < -0.39 is 5.54 Å². The van der Waals surface area contributed by atoms with Crippen LogP contribution in [0, 0.1) is 5.82 Å². The zero-order chi connectivity index (χ0) is 14.9. The van der Waals surface area contributed by atoms with Crippen LogP contribution >= 0.6 is 0 Å². The highest BCUT2D eigenvalue weighted by Gasteiger charge is 2.36. The van der Waals surface area contributed by atoms with Gasteiger partial charge in [-0.05, 0) is 60.2 Å². The summed E-state index contributed by atoms with van der Waals surface area (Å²) in [5.41, 5.74) is 9.21. The van der Waals surface area contributed by atoms with Crippen molar-refractivity contribution in [2.75, 3.05) is 6.61 Å². The largest absolute Gasteiger partial charge is 0.494 e. The van der Waals surface area contributed by atoms with Gasteiger partial charge in [-0.3, -0.25) is 0 Å². The van der Waals surface area contributed by atoms with Crippen molar-refractivity contribution in [3.8, 4) is 5.75 Å². The number of halogens is 1. The van der Waals surface area contributed by atoms with Crippen LogP contribution in [0.3, 0.4) is 0 Å². The number of nitrogens with two attached hydrogens (primary N) is 1. The number of aryl methyl sites for hydroxylation is 1. The molecule has 3 rings (SSSR count). The number of fused-ring (bicyclic) bond motifs is 1. The van der Waals surface area contributed by atoms with Gasteiger partial charge in [0.25, 0.3) is 0 Å². The van der Waals surface area contributed by atoms with E-state index in [1.165, 1.54) is 6.07 Å². The molecule has 0 radical (unpaired) electrons. The summed E-state index contributed by atoms with van der Waals surface area (Å²) in [5.74, 6) is 0.669. The van der Waals surface area contributed by atoms with Crippen LogP contribution in [0.25, 0.3) is 0 Å². The minimum atomic E-state index is -0.522. The van der Waals surface area contributed by atoms with E-state index in [9.17, 15) is 4.39 Å². The Bertz CT molecular complexity index is 638. The molecule has 0 amide bonds. The van der Waals surface area contributed by atoms with Gasteiger partial charge in [0.15, 0.2) is 0 Å². The van der Waals surface area contributed by atoms with Crippen LogP contribution < -0.4 is 10.5 Å². The zero-order valence-electron chi connectivity index (χ0n) is 12.2. The van der Waals surface area contributed by atoms with Gasteiger partial charge >= 0.3 is 0 Å². The molecule has 0 spiro atoms. The predicted molar refractivity (Wildman–Crippen MR) is 81.9 cm³/mol. The number of benzene rings is 2. The van der Waals surface area contributed by atoms with E-state index in [-0.39, 0.29) is 5.82 Å². The minimum absolute atomic E-state index is 0.193. The molecule has 2 aromatic carbocycles. The van der Waals surface area contributed by atoms with Crippen molar-refractivity contribution in [1.29, 1.82) is 0 Å². The molecule has 1 unspecified atom stereocenters. The fourth-order valence-corrected chi connectivity index (χ4v) is 3.04. The Balaban J connectivity index is 1.90. The maximum atomic E-state index is 13.3. The van der Waals surface area contributed by atoms with Crippen molar-refractivity contribution >= 4 is 0 Å². The van der Waals surface area contributed by atoms with Crippen LogP contribution in [-0.4, -0.2) is 6.61 Å². The lowest BCUT2D eigenvalue weighted by Gasteiger charge is -2.26. The van der Waals surface area contributed by atoms with Crippen molar-refractivity contribution in [3.05, 3.63) is 65.0 Å². The fraction of sp³-hybridized carbons (Fsp3) is 0.333. The molecule has 0 saturated carbocycles. The number of ether oxygens (including phenoxy) is 1. The van der Waals surface area contributed by atoms with Gasteiger partial charge in [-0.2, -0.15) is 0 Å². The first-order chi connectivity index (χ1) is 10.1. The first-order valence-electron chi connectivity index (χ1n) is 7.44. The van der Waals surface area contributed by atoms with E-state index in [0.717, 1.165) is 48.3 Å². The van der Waals surface area contributed by atoms with E-state index in [2.05, 4.69) is 6.92 Å². The average Bonchev–Trinajstić information content (AvgIpc) is 2.83. The van der Waals surface area contributed by atoms with E-state index >= 15 is 0 Å². The lowest BCUT2D eigenvalue weighted by molar-refractivity contribution is 0.317. The molecule has 1 aliphatic carbocycles. The van der Waals surface area contributed by atoms with Gasteiger partial charge in [-0.25, -0.2) is 4.39 Å². The van der Waals surface area contributed by atoms with Gasteiger partial charge in [0.1, 0.15) is 11.6 Å². The molecule has 110 valence electrons. The van der Waals surface area contributed by atoms with Gasteiger partial charge in [-0.1, -0.05) is 25.1 Å². The average molecular weight is 285 g/mol. The Morgan fingerprint density at radius 3 is 2.67 bits per heavy atom. The van der Waals surface area contributed by atoms with Gasteiger partial charge in [0, 0.05) is 0 Å². The molecule has 0 bridgehead atoms. The molecule has 0 aromatic heterocycles. The van der Waals surface area contributed by atoms with Crippen LogP contribution in [0.1, 0.15) is 36.5 Å². The molecule has 2 nitrogen and oxygen atoms in total. The standard InChI is InChI=1S/C18H20FNO/c1-2-11-21-16-6-3-14(4-7-16)18(20)10-9-13-12-15(19)5-8-17(13)18/h3-8,12H,2,9-11,20H2,1H3. The van der Waals surface area contributed by atoms with E-state index in [4.69, 9.17) is 10.5 Å². The summed E-state index contributed by atoms with van der Waals surface area (Å²) in [4.78, 5) is 0. The summed E-state index contributed by atoms with van der Waals surface area (Å²) < 4.78 is 18.9. The summed E-state index contributed by atoms with van der Waals surface area (Å²) in [5, 5.41) is 0. The van der Waals surface area contributed by atoms with Crippen LogP contribution in [0.4, 0.5) is 4.39 Å². The molecule has 1 atom stereocenters.